The molecule has 14 heavy (non-hydrogen) atoms. The van der Waals surface area contributed by atoms with Crippen LogP contribution in [0.3, 0.4) is 0 Å². The van der Waals surface area contributed by atoms with Crippen LogP contribution < -0.4 is 5.73 Å². The molecule has 2 N–H and O–H groups in total. The Labute approximate surface area is 88.4 Å². The Balaban J connectivity index is 2.19. The quantitative estimate of drug-likeness (QED) is 0.813. The number of rotatable bonds is 2. The van der Waals surface area contributed by atoms with Gasteiger partial charge in [0.15, 0.2) is 0 Å². The monoisotopic (exact) mass is 209 g/mol. The largest absolute Gasteiger partial charge is 0.501 e. The fourth-order valence-corrected chi connectivity index (χ4v) is 2.66. The lowest BCUT2D eigenvalue weighted by molar-refractivity contribution is 0.221. The van der Waals surface area contributed by atoms with Crippen LogP contribution in [-0.4, -0.2) is 6.61 Å². The highest BCUT2D eigenvalue weighted by Gasteiger charge is 2.17. The van der Waals surface area contributed by atoms with Crippen molar-refractivity contribution >= 4 is 11.3 Å². The third-order valence-corrected chi connectivity index (χ3v) is 3.65. The predicted molar refractivity (Wildman–Crippen MR) is 59.3 cm³/mol. The average molecular weight is 209 g/mol. The summed E-state index contributed by atoms with van der Waals surface area (Å²) in [5.74, 6) is 0. The zero-order valence-corrected chi connectivity index (χ0v) is 9.14. The Morgan fingerprint density at radius 3 is 3.00 bits per heavy atom. The summed E-state index contributed by atoms with van der Waals surface area (Å²) in [6.45, 7) is 2.94. The molecule has 2 heterocycles. The van der Waals surface area contributed by atoms with Crippen molar-refractivity contribution in [3.05, 3.63) is 33.7 Å². The van der Waals surface area contributed by atoms with E-state index in [1.165, 1.54) is 16.0 Å². The number of ether oxygens (including phenoxy) is 1. The molecule has 1 unspecified atom stereocenters. The number of thiophene rings is 1. The third kappa shape index (κ3) is 1.83. The van der Waals surface area contributed by atoms with Gasteiger partial charge in [0.25, 0.3) is 0 Å². The van der Waals surface area contributed by atoms with Crippen LogP contribution in [0.4, 0.5) is 0 Å². The number of hydrogen-bond donors (Lipinski definition) is 1. The maximum atomic E-state index is 6.18. The standard InChI is InChI=1S/C11H15NOS/c1-8-4-6-14-11(8)10(12)9-3-2-5-13-7-9/h4,6-7,10H,2-3,5,12H2,1H3. The lowest BCUT2D eigenvalue weighted by Crippen LogP contribution is -2.15. The van der Waals surface area contributed by atoms with E-state index in [0.29, 0.717) is 0 Å². The molecule has 1 atom stereocenters. The smallest absolute Gasteiger partial charge is 0.0876 e. The second-order valence-electron chi connectivity index (χ2n) is 3.61. The highest BCUT2D eigenvalue weighted by molar-refractivity contribution is 7.10. The highest BCUT2D eigenvalue weighted by Crippen LogP contribution is 2.30. The molecule has 0 amide bonds. The van der Waals surface area contributed by atoms with E-state index >= 15 is 0 Å². The van der Waals surface area contributed by atoms with Crippen molar-refractivity contribution in [2.24, 2.45) is 5.73 Å². The van der Waals surface area contributed by atoms with Gasteiger partial charge in [-0.1, -0.05) is 0 Å². The first-order valence-electron chi connectivity index (χ1n) is 4.89. The minimum Gasteiger partial charge on any atom is -0.501 e. The zero-order chi connectivity index (χ0) is 9.97. The van der Waals surface area contributed by atoms with E-state index in [4.69, 9.17) is 10.5 Å². The summed E-state index contributed by atoms with van der Waals surface area (Å²) in [5, 5.41) is 2.09. The van der Waals surface area contributed by atoms with E-state index in [2.05, 4.69) is 18.4 Å². The molecule has 0 fully saturated rings. The average Bonchev–Trinajstić information content (AvgIpc) is 2.65. The van der Waals surface area contributed by atoms with Crippen LogP contribution in [-0.2, 0) is 4.74 Å². The lowest BCUT2D eigenvalue weighted by atomic mass is 10.00. The summed E-state index contributed by atoms with van der Waals surface area (Å²) in [7, 11) is 0. The topological polar surface area (TPSA) is 35.2 Å². The van der Waals surface area contributed by atoms with Crippen molar-refractivity contribution in [1.29, 1.82) is 0 Å². The van der Waals surface area contributed by atoms with E-state index in [-0.39, 0.29) is 6.04 Å². The van der Waals surface area contributed by atoms with Gasteiger partial charge in [-0.05, 0) is 42.3 Å². The van der Waals surface area contributed by atoms with E-state index in [9.17, 15) is 0 Å². The summed E-state index contributed by atoms with van der Waals surface area (Å²) >= 11 is 1.73. The van der Waals surface area contributed by atoms with Gasteiger partial charge >= 0.3 is 0 Å². The molecule has 1 aromatic rings. The number of hydrogen-bond acceptors (Lipinski definition) is 3. The zero-order valence-electron chi connectivity index (χ0n) is 8.32. The molecule has 0 aliphatic carbocycles. The van der Waals surface area contributed by atoms with Crippen LogP contribution in [0.25, 0.3) is 0 Å². The maximum Gasteiger partial charge on any atom is 0.0876 e. The van der Waals surface area contributed by atoms with Crippen molar-refractivity contribution in [1.82, 2.24) is 0 Å². The van der Waals surface area contributed by atoms with Crippen LogP contribution in [0.1, 0.15) is 29.3 Å². The molecule has 2 nitrogen and oxygen atoms in total. The lowest BCUT2D eigenvalue weighted by Gasteiger charge is -2.19. The van der Waals surface area contributed by atoms with Gasteiger partial charge in [0.05, 0.1) is 18.9 Å². The van der Waals surface area contributed by atoms with Crippen LogP contribution in [0.15, 0.2) is 23.3 Å². The van der Waals surface area contributed by atoms with Gasteiger partial charge in [0, 0.05) is 4.88 Å². The summed E-state index contributed by atoms with van der Waals surface area (Å²) in [6, 6.07) is 2.15. The van der Waals surface area contributed by atoms with Gasteiger partial charge < -0.3 is 10.5 Å². The molecule has 1 aliphatic heterocycles. The molecule has 0 saturated carbocycles. The molecule has 76 valence electrons. The van der Waals surface area contributed by atoms with Gasteiger partial charge in [-0.3, -0.25) is 0 Å². The van der Waals surface area contributed by atoms with Gasteiger partial charge in [-0.2, -0.15) is 0 Å². The second-order valence-corrected chi connectivity index (χ2v) is 4.56. The van der Waals surface area contributed by atoms with Crippen molar-refractivity contribution < 1.29 is 4.74 Å². The minimum absolute atomic E-state index is 0.0373. The van der Waals surface area contributed by atoms with Gasteiger partial charge in [0.2, 0.25) is 0 Å². The summed E-state index contributed by atoms with van der Waals surface area (Å²) < 4.78 is 5.30. The molecule has 1 aromatic heterocycles. The van der Waals surface area contributed by atoms with Crippen LogP contribution in [0.5, 0.6) is 0 Å². The van der Waals surface area contributed by atoms with Crippen molar-refractivity contribution in [3.8, 4) is 0 Å². The van der Waals surface area contributed by atoms with E-state index in [1.807, 2.05) is 6.26 Å². The summed E-state index contributed by atoms with van der Waals surface area (Å²) in [6.07, 6.45) is 4.00. The molecule has 2 rings (SSSR count). The highest BCUT2D eigenvalue weighted by atomic mass is 32.1. The molecular weight excluding hydrogens is 194 g/mol. The second kappa shape index (κ2) is 4.15. The first-order valence-corrected chi connectivity index (χ1v) is 5.77. The Morgan fingerprint density at radius 1 is 1.57 bits per heavy atom. The van der Waals surface area contributed by atoms with Crippen molar-refractivity contribution in [2.75, 3.05) is 6.61 Å². The normalized spacial score (nSPS) is 18.6. The molecule has 0 bridgehead atoms. The molecule has 0 saturated heterocycles. The summed E-state index contributed by atoms with van der Waals surface area (Å²) in [5.41, 5.74) is 8.69. The van der Waals surface area contributed by atoms with Gasteiger partial charge in [0.1, 0.15) is 0 Å². The number of aryl methyl sites for hydroxylation is 1. The Bertz CT molecular complexity index is 343. The molecular formula is C11H15NOS. The fraction of sp³-hybridized carbons (Fsp3) is 0.455. The van der Waals surface area contributed by atoms with Crippen LogP contribution in [0.2, 0.25) is 0 Å². The fourth-order valence-electron chi connectivity index (χ4n) is 1.68. The molecule has 0 aromatic carbocycles. The molecule has 0 radical (unpaired) electrons. The molecule has 1 aliphatic rings. The van der Waals surface area contributed by atoms with E-state index in [1.54, 1.807) is 11.3 Å². The molecule has 3 heteroatoms. The first kappa shape index (κ1) is 9.74. The van der Waals surface area contributed by atoms with Crippen LogP contribution in [0, 0.1) is 6.92 Å². The maximum absolute atomic E-state index is 6.18. The predicted octanol–water partition coefficient (Wildman–Crippen LogP) is 2.75. The van der Waals surface area contributed by atoms with Crippen LogP contribution >= 0.6 is 11.3 Å². The Morgan fingerprint density at radius 2 is 2.43 bits per heavy atom. The van der Waals surface area contributed by atoms with Crippen molar-refractivity contribution in [3.63, 3.8) is 0 Å². The SMILES string of the molecule is Cc1ccsc1C(N)C1=COCCC1. The van der Waals surface area contributed by atoms with E-state index < -0.39 is 0 Å². The molecule has 0 spiro atoms. The first-order chi connectivity index (χ1) is 6.79. The summed E-state index contributed by atoms with van der Waals surface area (Å²) in [4.78, 5) is 1.27. The Kier molecular flexibility index (Phi) is 2.89. The van der Waals surface area contributed by atoms with Gasteiger partial charge in [-0.15, -0.1) is 11.3 Å². The Hall–Kier alpha value is -0.800. The van der Waals surface area contributed by atoms with Crippen molar-refractivity contribution in [2.45, 2.75) is 25.8 Å². The number of nitrogens with two attached hydrogens (primary N) is 1. The third-order valence-electron chi connectivity index (χ3n) is 2.55. The van der Waals surface area contributed by atoms with E-state index in [0.717, 1.165) is 19.4 Å². The van der Waals surface area contributed by atoms with Gasteiger partial charge in [-0.25, -0.2) is 0 Å². The minimum atomic E-state index is 0.0373.